The minimum atomic E-state index is 0.0160. The van der Waals surface area contributed by atoms with Gasteiger partial charge in [0.25, 0.3) is 6.01 Å². The summed E-state index contributed by atoms with van der Waals surface area (Å²) in [4.78, 5) is 4.48. The lowest BCUT2D eigenvalue weighted by Crippen LogP contribution is -2.23. The lowest BCUT2D eigenvalue weighted by molar-refractivity contribution is 0.144. The molecule has 0 radical (unpaired) electrons. The molecule has 2 heterocycles. The molecule has 1 aliphatic rings. The van der Waals surface area contributed by atoms with Crippen LogP contribution >= 0.6 is 0 Å². The van der Waals surface area contributed by atoms with E-state index >= 15 is 0 Å². The highest BCUT2D eigenvalue weighted by Gasteiger charge is 2.26. The molecule has 0 spiro atoms. The Balaban J connectivity index is 1.48. The van der Waals surface area contributed by atoms with Crippen molar-refractivity contribution in [2.24, 2.45) is 0 Å². The fourth-order valence-electron chi connectivity index (χ4n) is 2.50. The molecule has 3 aromatic rings. The number of nitrogens with zero attached hydrogens (tertiary/aromatic N) is 2. The lowest BCUT2D eigenvalue weighted by atomic mass is 10.3. The van der Waals surface area contributed by atoms with Gasteiger partial charge in [-0.1, -0.05) is 30.3 Å². The molecule has 0 fully saturated rings. The largest absolute Gasteiger partial charge is 0.490 e. The maximum absolute atomic E-state index is 5.84. The molecular formula is C16H14N2O2. The average molecular weight is 266 g/mol. The van der Waals surface area contributed by atoms with Crippen LogP contribution in [0.4, 0.5) is 0 Å². The first kappa shape index (κ1) is 11.3. The van der Waals surface area contributed by atoms with Gasteiger partial charge in [0, 0.05) is 0 Å². The number of imidazole rings is 1. The predicted octanol–water partition coefficient (Wildman–Crippen LogP) is 2.88. The maximum Gasteiger partial charge on any atom is 0.297 e. The Morgan fingerprint density at radius 2 is 1.90 bits per heavy atom. The van der Waals surface area contributed by atoms with E-state index in [1.54, 1.807) is 0 Å². The Labute approximate surface area is 116 Å². The van der Waals surface area contributed by atoms with Crippen LogP contribution in [0.5, 0.6) is 11.8 Å². The number of hydrogen-bond acceptors (Lipinski definition) is 3. The minimum Gasteiger partial charge on any atom is -0.490 e. The number of benzene rings is 2. The van der Waals surface area contributed by atoms with Crippen molar-refractivity contribution in [2.45, 2.75) is 12.6 Å². The summed E-state index contributed by atoms with van der Waals surface area (Å²) < 4.78 is 13.7. The fourth-order valence-corrected chi connectivity index (χ4v) is 2.50. The molecule has 0 aliphatic carbocycles. The Morgan fingerprint density at radius 1 is 1.10 bits per heavy atom. The van der Waals surface area contributed by atoms with Crippen molar-refractivity contribution < 1.29 is 9.47 Å². The highest BCUT2D eigenvalue weighted by molar-refractivity contribution is 5.76. The summed E-state index contributed by atoms with van der Waals surface area (Å²) in [6, 6.07) is 18.5. The Morgan fingerprint density at radius 3 is 2.80 bits per heavy atom. The molecule has 4 heteroatoms. The molecule has 1 atom stereocenters. The highest BCUT2D eigenvalue weighted by Crippen LogP contribution is 2.27. The third-order valence-corrected chi connectivity index (χ3v) is 3.46. The fraction of sp³-hybridized carbons (Fsp3) is 0.188. The smallest absolute Gasteiger partial charge is 0.297 e. The molecule has 4 nitrogen and oxygen atoms in total. The van der Waals surface area contributed by atoms with Gasteiger partial charge < -0.3 is 9.47 Å². The molecule has 0 saturated heterocycles. The normalized spacial score (nSPS) is 16.9. The first-order chi connectivity index (χ1) is 9.90. The number of rotatable bonds is 3. The van der Waals surface area contributed by atoms with Gasteiger partial charge in [-0.05, 0) is 24.3 Å². The van der Waals surface area contributed by atoms with Crippen LogP contribution < -0.4 is 9.47 Å². The van der Waals surface area contributed by atoms with Gasteiger partial charge in [0.15, 0.2) is 6.10 Å². The topological polar surface area (TPSA) is 36.3 Å². The zero-order chi connectivity index (χ0) is 13.4. The van der Waals surface area contributed by atoms with Crippen molar-refractivity contribution in [2.75, 3.05) is 6.61 Å². The predicted molar refractivity (Wildman–Crippen MR) is 76.1 cm³/mol. The van der Waals surface area contributed by atoms with Crippen molar-refractivity contribution in [3.8, 4) is 11.8 Å². The number of ether oxygens (including phenoxy) is 2. The van der Waals surface area contributed by atoms with Gasteiger partial charge in [0.05, 0.1) is 17.6 Å². The average Bonchev–Trinajstić information content (AvgIpc) is 3.03. The number of aromatic nitrogens is 2. The van der Waals surface area contributed by atoms with E-state index in [4.69, 9.17) is 9.47 Å². The third kappa shape index (κ3) is 1.90. The molecule has 20 heavy (non-hydrogen) atoms. The summed E-state index contributed by atoms with van der Waals surface area (Å²) in [6.45, 7) is 1.31. The van der Waals surface area contributed by atoms with Crippen molar-refractivity contribution in [1.29, 1.82) is 0 Å². The summed E-state index contributed by atoms with van der Waals surface area (Å²) in [6.07, 6.45) is 0.0160. The van der Waals surface area contributed by atoms with Crippen LogP contribution in [0.1, 0.15) is 0 Å². The van der Waals surface area contributed by atoms with Crippen LogP contribution in [0.25, 0.3) is 11.0 Å². The Hall–Kier alpha value is -2.49. The van der Waals surface area contributed by atoms with Crippen LogP contribution in [0, 0.1) is 0 Å². The number of para-hydroxylation sites is 3. The molecule has 1 aliphatic heterocycles. The number of hydrogen-bond donors (Lipinski definition) is 0. The van der Waals surface area contributed by atoms with E-state index in [2.05, 4.69) is 15.6 Å². The monoisotopic (exact) mass is 266 g/mol. The van der Waals surface area contributed by atoms with Gasteiger partial charge in [-0.2, -0.15) is 4.98 Å². The molecule has 0 unspecified atom stereocenters. The first-order valence-corrected chi connectivity index (χ1v) is 6.70. The SMILES string of the molecule is c1ccc(OC[C@@H]2Cn3c(nc4ccccc43)O2)cc1. The van der Waals surface area contributed by atoms with Crippen molar-refractivity contribution in [3.63, 3.8) is 0 Å². The van der Waals surface area contributed by atoms with Gasteiger partial charge >= 0.3 is 0 Å². The zero-order valence-electron chi connectivity index (χ0n) is 10.9. The van der Waals surface area contributed by atoms with Crippen molar-refractivity contribution in [1.82, 2.24) is 9.55 Å². The van der Waals surface area contributed by atoms with E-state index in [1.807, 2.05) is 48.5 Å². The van der Waals surface area contributed by atoms with E-state index in [0.29, 0.717) is 12.6 Å². The van der Waals surface area contributed by atoms with Crippen LogP contribution in [0.15, 0.2) is 54.6 Å². The molecule has 0 bridgehead atoms. The van der Waals surface area contributed by atoms with Crippen molar-refractivity contribution in [3.05, 3.63) is 54.6 Å². The summed E-state index contributed by atoms with van der Waals surface area (Å²) in [5, 5.41) is 0. The third-order valence-electron chi connectivity index (χ3n) is 3.46. The standard InChI is InChI=1S/C16H14N2O2/c1-2-6-12(7-3-1)19-11-13-10-18-15-9-5-4-8-14(15)17-16(18)20-13/h1-9,13H,10-11H2/t13-/m0/s1. The van der Waals surface area contributed by atoms with Gasteiger partial charge in [0.1, 0.15) is 12.4 Å². The van der Waals surface area contributed by atoms with Crippen LogP contribution in [0.2, 0.25) is 0 Å². The van der Waals surface area contributed by atoms with Gasteiger partial charge in [0.2, 0.25) is 0 Å². The minimum absolute atomic E-state index is 0.0160. The van der Waals surface area contributed by atoms with Crippen LogP contribution in [-0.2, 0) is 6.54 Å². The second-order valence-corrected chi connectivity index (χ2v) is 4.86. The Kier molecular flexibility index (Phi) is 2.59. The molecule has 100 valence electrons. The first-order valence-electron chi connectivity index (χ1n) is 6.70. The summed E-state index contributed by atoms with van der Waals surface area (Å²) in [5.41, 5.74) is 2.09. The quantitative estimate of drug-likeness (QED) is 0.731. The molecule has 2 aromatic carbocycles. The zero-order valence-corrected chi connectivity index (χ0v) is 10.9. The summed E-state index contributed by atoms with van der Waals surface area (Å²) >= 11 is 0. The molecule has 4 rings (SSSR count). The second-order valence-electron chi connectivity index (χ2n) is 4.86. The van der Waals surface area contributed by atoms with Gasteiger partial charge in [-0.3, -0.25) is 4.57 Å². The van der Waals surface area contributed by atoms with E-state index in [-0.39, 0.29) is 6.10 Å². The van der Waals surface area contributed by atoms with Crippen LogP contribution in [0.3, 0.4) is 0 Å². The number of fused-ring (bicyclic) bond motifs is 3. The van der Waals surface area contributed by atoms with E-state index < -0.39 is 0 Å². The van der Waals surface area contributed by atoms with E-state index in [9.17, 15) is 0 Å². The summed E-state index contributed by atoms with van der Waals surface area (Å²) in [5.74, 6) is 0.866. The van der Waals surface area contributed by atoms with E-state index in [1.165, 1.54) is 0 Å². The molecular weight excluding hydrogens is 252 g/mol. The van der Waals surface area contributed by atoms with Crippen molar-refractivity contribution >= 4 is 11.0 Å². The summed E-state index contributed by atoms with van der Waals surface area (Å²) in [7, 11) is 0. The maximum atomic E-state index is 5.84. The molecule has 0 amide bonds. The van der Waals surface area contributed by atoms with Crippen LogP contribution in [-0.4, -0.2) is 22.3 Å². The molecule has 0 saturated carbocycles. The highest BCUT2D eigenvalue weighted by atomic mass is 16.6. The molecule has 0 N–H and O–H groups in total. The van der Waals surface area contributed by atoms with Gasteiger partial charge in [-0.25, -0.2) is 0 Å². The van der Waals surface area contributed by atoms with Gasteiger partial charge in [-0.15, -0.1) is 0 Å². The van der Waals surface area contributed by atoms with E-state index in [0.717, 1.165) is 23.3 Å². The molecule has 1 aromatic heterocycles. The second kappa shape index (κ2) is 4.56. The lowest BCUT2D eigenvalue weighted by Gasteiger charge is -2.11. The Bertz CT molecular complexity index is 737.